The summed E-state index contributed by atoms with van der Waals surface area (Å²) in [4.78, 5) is 2.01. The Balaban J connectivity index is 2.66. The Labute approximate surface area is 102 Å². The molecule has 2 atom stereocenters. The van der Waals surface area contributed by atoms with E-state index in [0.29, 0.717) is 12.1 Å². The lowest BCUT2D eigenvalue weighted by Gasteiger charge is -2.30. The second-order valence-corrected chi connectivity index (χ2v) is 6.41. The third-order valence-electron chi connectivity index (χ3n) is 2.96. The highest BCUT2D eigenvalue weighted by atomic mass is 32.1. The van der Waals surface area contributed by atoms with Crippen LogP contribution in [0, 0.1) is 16.7 Å². The van der Waals surface area contributed by atoms with Crippen molar-refractivity contribution in [3.63, 3.8) is 0 Å². The summed E-state index contributed by atoms with van der Waals surface area (Å²) in [6.07, 6.45) is 0. The number of hydrogen-bond donors (Lipinski definition) is 1. The van der Waals surface area contributed by atoms with Crippen molar-refractivity contribution in [2.24, 2.45) is 5.41 Å². The number of rotatable bonds is 3. The molecule has 1 aromatic rings. The minimum Gasteiger partial charge on any atom is -0.306 e. The maximum absolute atomic E-state index is 8.78. The Bertz CT molecular complexity index is 381. The van der Waals surface area contributed by atoms with Crippen molar-refractivity contribution in [1.82, 2.24) is 5.32 Å². The number of hydrogen-bond acceptors (Lipinski definition) is 3. The summed E-state index contributed by atoms with van der Waals surface area (Å²) < 4.78 is 0. The lowest BCUT2D eigenvalue weighted by Crippen LogP contribution is -2.38. The van der Waals surface area contributed by atoms with Crippen LogP contribution in [0.2, 0.25) is 0 Å². The van der Waals surface area contributed by atoms with Gasteiger partial charge in [-0.25, -0.2) is 0 Å². The van der Waals surface area contributed by atoms with Crippen molar-refractivity contribution in [2.45, 2.75) is 46.7 Å². The topological polar surface area (TPSA) is 35.8 Å². The first-order valence-corrected chi connectivity index (χ1v) is 6.42. The lowest BCUT2D eigenvalue weighted by molar-refractivity contribution is 0.269. The molecule has 0 bridgehead atoms. The van der Waals surface area contributed by atoms with Gasteiger partial charge in [-0.3, -0.25) is 0 Å². The van der Waals surface area contributed by atoms with Crippen molar-refractivity contribution in [1.29, 1.82) is 5.26 Å². The Morgan fingerprint density at radius 2 is 1.94 bits per heavy atom. The summed E-state index contributed by atoms with van der Waals surface area (Å²) in [7, 11) is 0. The predicted molar refractivity (Wildman–Crippen MR) is 69.5 cm³/mol. The third kappa shape index (κ3) is 3.33. The molecule has 2 unspecified atom stereocenters. The molecule has 0 saturated carbocycles. The van der Waals surface area contributed by atoms with Crippen molar-refractivity contribution in [2.75, 3.05) is 0 Å². The van der Waals surface area contributed by atoms with Crippen LogP contribution in [0.15, 0.2) is 12.1 Å². The molecule has 1 rings (SSSR count). The second-order valence-electron chi connectivity index (χ2n) is 5.29. The molecule has 3 heteroatoms. The number of thiophene rings is 1. The van der Waals surface area contributed by atoms with E-state index in [0.717, 1.165) is 4.88 Å². The molecule has 0 fully saturated rings. The van der Waals surface area contributed by atoms with Crippen LogP contribution in [0.4, 0.5) is 0 Å². The molecule has 2 nitrogen and oxygen atoms in total. The number of nitrogens with one attached hydrogen (secondary N) is 1. The molecule has 0 saturated heterocycles. The molecule has 0 aliphatic rings. The van der Waals surface area contributed by atoms with E-state index in [1.165, 1.54) is 4.88 Å². The second kappa shape index (κ2) is 4.99. The molecular formula is C13H20N2S. The normalized spacial score (nSPS) is 15.5. The third-order valence-corrected chi connectivity index (χ3v) is 4.14. The van der Waals surface area contributed by atoms with Crippen LogP contribution in [0.25, 0.3) is 0 Å². The van der Waals surface area contributed by atoms with E-state index in [1.807, 2.05) is 12.1 Å². The van der Waals surface area contributed by atoms with Gasteiger partial charge in [0.05, 0.1) is 0 Å². The van der Waals surface area contributed by atoms with E-state index < -0.39 is 0 Å². The zero-order valence-corrected chi connectivity index (χ0v) is 11.5. The van der Waals surface area contributed by atoms with Gasteiger partial charge in [0, 0.05) is 17.0 Å². The van der Waals surface area contributed by atoms with E-state index in [2.05, 4.69) is 46.0 Å². The average molecular weight is 236 g/mol. The summed E-state index contributed by atoms with van der Waals surface area (Å²) in [5, 5.41) is 12.4. The standard InChI is InChI=1S/C13H20N2S/c1-9(15-10(2)13(3,4)5)12-7-6-11(8-14)16-12/h6-7,9-10,15H,1-5H3. The summed E-state index contributed by atoms with van der Waals surface area (Å²) in [5.74, 6) is 0. The fraction of sp³-hybridized carbons (Fsp3) is 0.615. The molecule has 1 N–H and O–H groups in total. The summed E-state index contributed by atoms with van der Waals surface area (Å²) in [5.41, 5.74) is 0.254. The average Bonchev–Trinajstić information content (AvgIpc) is 2.64. The van der Waals surface area contributed by atoms with Crippen molar-refractivity contribution in [3.05, 3.63) is 21.9 Å². The largest absolute Gasteiger partial charge is 0.306 e. The van der Waals surface area contributed by atoms with Crippen LogP contribution >= 0.6 is 11.3 Å². The van der Waals surface area contributed by atoms with E-state index >= 15 is 0 Å². The Morgan fingerprint density at radius 3 is 2.38 bits per heavy atom. The van der Waals surface area contributed by atoms with Gasteiger partial charge in [-0.1, -0.05) is 20.8 Å². The summed E-state index contributed by atoms with van der Waals surface area (Å²) >= 11 is 1.57. The molecule has 1 heterocycles. The van der Waals surface area contributed by atoms with Gasteiger partial charge >= 0.3 is 0 Å². The van der Waals surface area contributed by atoms with Gasteiger partial charge in [0.25, 0.3) is 0 Å². The van der Waals surface area contributed by atoms with Gasteiger partial charge in [-0.15, -0.1) is 11.3 Å². The maximum atomic E-state index is 8.78. The molecule has 0 amide bonds. The van der Waals surface area contributed by atoms with Gasteiger partial charge in [0.15, 0.2) is 0 Å². The van der Waals surface area contributed by atoms with Crippen LogP contribution < -0.4 is 5.32 Å². The molecule has 0 spiro atoms. The van der Waals surface area contributed by atoms with Gasteiger partial charge in [0.2, 0.25) is 0 Å². The Kier molecular flexibility index (Phi) is 4.12. The Morgan fingerprint density at radius 1 is 1.31 bits per heavy atom. The van der Waals surface area contributed by atoms with E-state index in [-0.39, 0.29) is 5.41 Å². The van der Waals surface area contributed by atoms with Gasteiger partial charge < -0.3 is 5.32 Å². The molecule has 0 aromatic carbocycles. The first-order valence-electron chi connectivity index (χ1n) is 5.60. The maximum Gasteiger partial charge on any atom is 0.110 e. The molecule has 0 aliphatic carbocycles. The first kappa shape index (κ1) is 13.2. The van der Waals surface area contributed by atoms with Crippen LogP contribution in [-0.4, -0.2) is 6.04 Å². The minimum atomic E-state index is 0.254. The summed E-state index contributed by atoms with van der Waals surface area (Å²) in [6.45, 7) is 11.0. The molecular weight excluding hydrogens is 216 g/mol. The predicted octanol–water partition coefficient (Wildman–Crippen LogP) is 3.70. The highest BCUT2D eigenvalue weighted by Gasteiger charge is 2.22. The van der Waals surface area contributed by atoms with Crippen molar-refractivity contribution >= 4 is 11.3 Å². The van der Waals surface area contributed by atoms with Crippen LogP contribution in [0.5, 0.6) is 0 Å². The fourth-order valence-electron chi connectivity index (χ4n) is 1.35. The molecule has 88 valence electrons. The zero-order chi connectivity index (χ0) is 12.3. The molecule has 0 aliphatic heterocycles. The molecule has 1 aromatic heterocycles. The smallest absolute Gasteiger partial charge is 0.110 e. The van der Waals surface area contributed by atoms with Gasteiger partial charge in [-0.2, -0.15) is 5.26 Å². The molecule has 0 radical (unpaired) electrons. The van der Waals surface area contributed by atoms with E-state index in [4.69, 9.17) is 5.26 Å². The summed E-state index contributed by atoms with van der Waals surface area (Å²) in [6, 6.07) is 6.85. The van der Waals surface area contributed by atoms with Gasteiger partial charge in [0.1, 0.15) is 10.9 Å². The van der Waals surface area contributed by atoms with Crippen molar-refractivity contribution < 1.29 is 0 Å². The van der Waals surface area contributed by atoms with E-state index in [9.17, 15) is 0 Å². The fourth-order valence-corrected chi connectivity index (χ4v) is 2.17. The number of nitrogens with zero attached hydrogens (tertiary/aromatic N) is 1. The lowest BCUT2D eigenvalue weighted by atomic mass is 9.87. The SMILES string of the molecule is CC(NC(C)C(C)(C)C)c1ccc(C#N)s1. The minimum absolute atomic E-state index is 0.254. The highest BCUT2D eigenvalue weighted by Crippen LogP contribution is 2.26. The molecule has 16 heavy (non-hydrogen) atoms. The van der Waals surface area contributed by atoms with Crippen molar-refractivity contribution in [3.8, 4) is 6.07 Å². The van der Waals surface area contributed by atoms with Gasteiger partial charge in [-0.05, 0) is 31.4 Å². The Hall–Kier alpha value is -0.850. The van der Waals surface area contributed by atoms with E-state index in [1.54, 1.807) is 11.3 Å². The highest BCUT2D eigenvalue weighted by molar-refractivity contribution is 7.12. The van der Waals surface area contributed by atoms with Crippen LogP contribution in [0.1, 0.15) is 50.4 Å². The number of nitriles is 1. The quantitative estimate of drug-likeness (QED) is 0.868. The van der Waals surface area contributed by atoms with Crippen LogP contribution in [-0.2, 0) is 0 Å². The first-order chi connectivity index (χ1) is 7.34. The zero-order valence-electron chi connectivity index (χ0n) is 10.7. The van der Waals surface area contributed by atoms with Crippen LogP contribution in [0.3, 0.4) is 0 Å². The monoisotopic (exact) mass is 236 g/mol.